The molecule has 0 saturated heterocycles. The Morgan fingerprint density at radius 3 is 2.89 bits per heavy atom. The Balaban J connectivity index is 2.25. The average molecular weight is 258 g/mol. The van der Waals surface area contributed by atoms with E-state index in [1.807, 2.05) is 0 Å². The van der Waals surface area contributed by atoms with Crippen LogP contribution < -0.4 is 10.1 Å². The van der Waals surface area contributed by atoms with Crippen LogP contribution >= 0.6 is 0 Å². The molecular weight excluding hydrogens is 248 g/mol. The zero-order chi connectivity index (χ0) is 13.7. The molecule has 1 aromatic heterocycles. The summed E-state index contributed by atoms with van der Waals surface area (Å²) in [6.07, 6.45) is 2.85. The highest BCUT2D eigenvalue weighted by molar-refractivity contribution is 6.03. The van der Waals surface area contributed by atoms with Gasteiger partial charge >= 0.3 is 0 Å². The predicted molar refractivity (Wildman–Crippen MR) is 67.4 cm³/mol. The lowest BCUT2D eigenvalue weighted by Gasteiger charge is -2.09. The molecule has 2 aromatic rings. The number of carbonyl (C=O) groups is 1. The number of benzene rings is 1. The topological polar surface area (TPSA) is 80.9 Å². The Bertz CT molecular complexity index is 628. The van der Waals surface area contributed by atoms with Crippen LogP contribution in [0, 0.1) is 0 Å². The van der Waals surface area contributed by atoms with Gasteiger partial charge < -0.3 is 14.5 Å². The Morgan fingerprint density at radius 2 is 2.26 bits per heavy atom. The normalized spacial score (nSPS) is 9.53. The molecule has 1 amide bonds. The van der Waals surface area contributed by atoms with E-state index in [0.29, 0.717) is 17.1 Å². The quantitative estimate of drug-likeness (QED) is 0.674. The number of nitrogens with zero attached hydrogens (tertiary/aromatic N) is 1. The van der Waals surface area contributed by atoms with Gasteiger partial charge in [0, 0.05) is 6.07 Å². The molecule has 0 aliphatic carbocycles. The Hall–Kier alpha value is -2.85. The number of nitrogens with one attached hydrogen (secondary N) is 1. The molecule has 1 aromatic carbocycles. The van der Waals surface area contributed by atoms with E-state index < -0.39 is 5.91 Å². The van der Waals surface area contributed by atoms with E-state index >= 15 is 0 Å². The zero-order valence-corrected chi connectivity index (χ0v) is 10.0. The minimum Gasteiger partial charge on any atom is -0.494 e. The Morgan fingerprint density at radius 1 is 1.42 bits per heavy atom. The van der Waals surface area contributed by atoms with Crippen LogP contribution in [0.3, 0.4) is 0 Å². The number of rotatable bonds is 4. The van der Waals surface area contributed by atoms with Gasteiger partial charge in [0.1, 0.15) is 5.75 Å². The van der Waals surface area contributed by atoms with Gasteiger partial charge in [-0.1, -0.05) is 0 Å². The van der Waals surface area contributed by atoms with Crippen LogP contribution in [0.1, 0.15) is 10.6 Å². The summed E-state index contributed by atoms with van der Waals surface area (Å²) in [4.78, 5) is 25.5. The van der Waals surface area contributed by atoms with Crippen molar-refractivity contribution in [2.75, 3.05) is 12.4 Å². The third kappa shape index (κ3) is 2.88. The first kappa shape index (κ1) is 12.6. The number of carbonyl (C=O) groups excluding carboxylic acids is 2. The van der Waals surface area contributed by atoms with Gasteiger partial charge in [0.05, 0.1) is 24.7 Å². The van der Waals surface area contributed by atoms with Crippen molar-refractivity contribution in [1.29, 1.82) is 0 Å². The summed E-state index contributed by atoms with van der Waals surface area (Å²) in [5.41, 5.74) is 0.844. The molecular formula is C13H10N2O4. The fraction of sp³-hybridized carbons (Fsp3) is 0.0769. The Labute approximate surface area is 108 Å². The maximum Gasteiger partial charge on any atom is 0.291 e. The van der Waals surface area contributed by atoms with E-state index in [1.165, 1.54) is 25.5 Å². The summed E-state index contributed by atoms with van der Waals surface area (Å²) in [5.74, 6) is 0.184. The molecule has 0 fully saturated rings. The number of aliphatic imine (C=N–C) groups is 1. The van der Waals surface area contributed by atoms with Crippen molar-refractivity contribution >= 4 is 23.4 Å². The molecule has 6 nitrogen and oxygen atoms in total. The third-order valence-corrected chi connectivity index (χ3v) is 2.35. The molecule has 0 radical (unpaired) electrons. The predicted octanol–water partition coefficient (Wildman–Crippen LogP) is 2.51. The molecule has 0 spiro atoms. The lowest BCUT2D eigenvalue weighted by atomic mass is 10.2. The minimum atomic E-state index is -0.394. The number of amides is 1. The molecule has 0 saturated carbocycles. The monoisotopic (exact) mass is 258 g/mol. The third-order valence-electron chi connectivity index (χ3n) is 2.35. The van der Waals surface area contributed by atoms with Crippen LogP contribution in [0.15, 0.2) is 46.0 Å². The van der Waals surface area contributed by atoms with Gasteiger partial charge in [-0.05, 0) is 24.3 Å². The van der Waals surface area contributed by atoms with Crippen molar-refractivity contribution in [3.8, 4) is 5.75 Å². The van der Waals surface area contributed by atoms with E-state index in [2.05, 4.69) is 10.3 Å². The molecule has 2 rings (SSSR count). The van der Waals surface area contributed by atoms with Gasteiger partial charge in [0.2, 0.25) is 6.08 Å². The second-order valence-corrected chi connectivity index (χ2v) is 3.52. The lowest BCUT2D eigenvalue weighted by Crippen LogP contribution is -2.11. The number of hydrogen-bond donors (Lipinski definition) is 1. The average Bonchev–Trinajstić information content (AvgIpc) is 2.94. The van der Waals surface area contributed by atoms with Crippen molar-refractivity contribution in [3.05, 3.63) is 42.4 Å². The fourth-order valence-corrected chi connectivity index (χ4v) is 1.50. The van der Waals surface area contributed by atoms with Crippen LogP contribution in [0.4, 0.5) is 11.4 Å². The number of hydrogen-bond acceptors (Lipinski definition) is 5. The standard InChI is InChI=1S/C13H10N2O4/c1-18-12-7-9(14-8-16)4-5-10(12)15-13(17)11-3-2-6-19-11/h2-7H,1H3,(H,15,17). The van der Waals surface area contributed by atoms with Crippen LogP contribution in [0.2, 0.25) is 0 Å². The summed E-state index contributed by atoms with van der Waals surface area (Å²) in [6.45, 7) is 0. The largest absolute Gasteiger partial charge is 0.494 e. The highest BCUT2D eigenvalue weighted by Crippen LogP contribution is 2.29. The molecule has 0 aliphatic heterocycles. The van der Waals surface area contributed by atoms with E-state index in [4.69, 9.17) is 9.15 Å². The van der Waals surface area contributed by atoms with Crippen LogP contribution in [-0.2, 0) is 4.79 Å². The molecule has 6 heteroatoms. The highest BCUT2D eigenvalue weighted by atomic mass is 16.5. The molecule has 0 atom stereocenters. The van der Waals surface area contributed by atoms with Gasteiger partial charge in [-0.3, -0.25) is 4.79 Å². The van der Waals surface area contributed by atoms with Crippen molar-refractivity contribution in [3.63, 3.8) is 0 Å². The van der Waals surface area contributed by atoms with Crippen molar-refractivity contribution in [1.82, 2.24) is 0 Å². The molecule has 1 N–H and O–H groups in total. The number of ether oxygens (including phenoxy) is 1. The molecule has 0 bridgehead atoms. The molecule has 1 heterocycles. The SMILES string of the molecule is COc1cc(N=C=O)ccc1NC(=O)c1ccco1. The first-order valence-electron chi connectivity index (χ1n) is 5.35. The van der Waals surface area contributed by atoms with E-state index in [1.54, 1.807) is 24.3 Å². The molecule has 0 aliphatic rings. The maximum absolute atomic E-state index is 11.8. The Kier molecular flexibility index (Phi) is 3.75. The lowest BCUT2D eigenvalue weighted by molar-refractivity contribution is 0.0996. The number of anilines is 1. The van der Waals surface area contributed by atoms with Crippen molar-refractivity contribution in [2.24, 2.45) is 4.99 Å². The van der Waals surface area contributed by atoms with Gasteiger partial charge in [0.15, 0.2) is 5.76 Å². The number of isocyanates is 1. The van der Waals surface area contributed by atoms with Gasteiger partial charge in [0.25, 0.3) is 5.91 Å². The number of furan rings is 1. The fourth-order valence-electron chi connectivity index (χ4n) is 1.50. The van der Waals surface area contributed by atoms with E-state index in [-0.39, 0.29) is 5.76 Å². The molecule has 0 unspecified atom stereocenters. The highest BCUT2D eigenvalue weighted by Gasteiger charge is 2.12. The summed E-state index contributed by atoms with van der Waals surface area (Å²) in [7, 11) is 1.45. The van der Waals surface area contributed by atoms with Crippen LogP contribution in [-0.4, -0.2) is 19.1 Å². The van der Waals surface area contributed by atoms with Gasteiger partial charge in [-0.25, -0.2) is 4.79 Å². The van der Waals surface area contributed by atoms with Gasteiger partial charge in [-0.15, -0.1) is 0 Å². The molecule has 19 heavy (non-hydrogen) atoms. The van der Waals surface area contributed by atoms with E-state index in [9.17, 15) is 9.59 Å². The zero-order valence-electron chi connectivity index (χ0n) is 10.0. The summed E-state index contributed by atoms with van der Waals surface area (Å²) in [5, 5.41) is 2.64. The molecule has 96 valence electrons. The minimum absolute atomic E-state index is 0.192. The first-order valence-corrected chi connectivity index (χ1v) is 5.35. The van der Waals surface area contributed by atoms with Crippen molar-refractivity contribution < 1.29 is 18.7 Å². The van der Waals surface area contributed by atoms with Crippen LogP contribution in [0.5, 0.6) is 5.75 Å². The van der Waals surface area contributed by atoms with E-state index in [0.717, 1.165) is 0 Å². The van der Waals surface area contributed by atoms with Crippen LogP contribution in [0.25, 0.3) is 0 Å². The van der Waals surface area contributed by atoms with Crippen molar-refractivity contribution in [2.45, 2.75) is 0 Å². The number of methoxy groups -OCH3 is 1. The summed E-state index contributed by atoms with van der Waals surface area (Å²) >= 11 is 0. The maximum atomic E-state index is 11.8. The first-order chi connectivity index (χ1) is 9.24. The second-order valence-electron chi connectivity index (χ2n) is 3.52. The smallest absolute Gasteiger partial charge is 0.291 e. The summed E-state index contributed by atoms with van der Waals surface area (Å²) < 4.78 is 10.1. The van der Waals surface area contributed by atoms with Gasteiger partial charge in [-0.2, -0.15) is 4.99 Å². The second kappa shape index (κ2) is 5.66. The summed E-state index contributed by atoms with van der Waals surface area (Å²) in [6, 6.07) is 7.82.